The number of carbonyl (C=O) groups is 2. The molecule has 1 fully saturated rings. The van der Waals surface area contributed by atoms with Gasteiger partial charge in [-0.1, -0.05) is 0 Å². The Bertz CT molecular complexity index is 309. The maximum Gasteiger partial charge on any atom is 0.407 e. The van der Waals surface area contributed by atoms with Gasteiger partial charge in [-0.05, 0) is 51.9 Å². The molecular formula is C13H23NO4. The molecule has 5 heteroatoms. The number of amides is 1. The molecule has 1 aliphatic carbocycles. The fourth-order valence-electron chi connectivity index (χ4n) is 2.34. The van der Waals surface area contributed by atoms with Crippen molar-refractivity contribution in [3.05, 3.63) is 0 Å². The Morgan fingerprint density at radius 2 is 1.89 bits per heavy atom. The molecule has 5 nitrogen and oxygen atoms in total. The molecule has 2 N–H and O–H groups in total. The van der Waals surface area contributed by atoms with Gasteiger partial charge in [-0.2, -0.15) is 0 Å². The Morgan fingerprint density at radius 3 is 2.44 bits per heavy atom. The number of aliphatic carboxylic acids is 1. The maximum absolute atomic E-state index is 11.4. The smallest absolute Gasteiger partial charge is 0.407 e. The highest BCUT2D eigenvalue weighted by Gasteiger charge is 2.27. The molecular weight excluding hydrogens is 234 g/mol. The molecule has 0 saturated heterocycles. The van der Waals surface area contributed by atoms with Gasteiger partial charge in [0.15, 0.2) is 0 Å². The Kier molecular flexibility index (Phi) is 4.99. The predicted molar refractivity (Wildman–Crippen MR) is 67.3 cm³/mol. The van der Waals surface area contributed by atoms with Crippen LogP contribution in [0.5, 0.6) is 0 Å². The van der Waals surface area contributed by atoms with Gasteiger partial charge < -0.3 is 15.2 Å². The lowest BCUT2D eigenvalue weighted by Crippen LogP contribution is -2.34. The van der Waals surface area contributed by atoms with Crippen LogP contribution in [0.3, 0.4) is 0 Å². The van der Waals surface area contributed by atoms with Crippen molar-refractivity contribution < 1.29 is 19.4 Å². The third-order valence-electron chi connectivity index (χ3n) is 3.05. The quantitative estimate of drug-likeness (QED) is 0.811. The van der Waals surface area contributed by atoms with Crippen LogP contribution in [0.4, 0.5) is 4.79 Å². The minimum Gasteiger partial charge on any atom is -0.481 e. The first-order valence-corrected chi connectivity index (χ1v) is 6.45. The second-order valence-electron chi connectivity index (χ2n) is 6.03. The maximum atomic E-state index is 11.4. The summed E-state index contributed by atoms with van der Waals surface area (Å²) in [6.07, 6.45) is 2.63. The molecule has 18 heavy (non-hydrogen) atoms. The summed E-state index contributed by atoms with van der Waals surface area (Å²) in [4.78, 5) is 22.0. The molecule has 2 atom stereocenters. The van der Waals surface area contributed by atoms with E-state index in [1.807, 2.05) is 20.8 Å². The van der Waals surface area contributed by atoms with Crippen LogP contribution in [0.2, 0.25) is 0 Å². The molecule has 0 bridgehead atoms. The lowest BCUT2D eigenvalue weighted by atomic mass is 10.0. The van der Waals surface area contributed by atoms with Crippen LogP contribution in [0, 0.1) is 11.8 Å². The largest absolute Gasteiger partial charge is 0.481 e. The van der Waals surface area contributed by atoms with Crippen LogP contribution >= 0.6 is 0 Å². The van der Waals surface area contributed by atoms with Gasteiger partial charge in [0.1, 0.15) is 5.60 Å². The topological polar surface area (TPSA) is 75.6 Å². The van der Waals surface area contributed by atoms with E-state index in [1.165, 1.54) is 0 Å². The molecule has 0 aromatic rings. The highest BCUT2D eigenvalue weighted by atomic mass is 16.6. The van der Waals surface area contributed by atoms with Crippen molar-refractivity contribution in [2.45, 2.75) is 52.1 Å². The predicted octanol–water partition coefficient (Wildman–Crippen LogP) is 2.40. The molecule has 1 aliphatic rings. The van der Waals surface area contributed by atoms with E-state index in [1.54, 1.807) is 0 Å². The second-order valence-corrected chi connectivity index (χ2v) is 6.03. The van der Waals surface area contributed by atoms with Gasteiger partial charge >= 0.3 is 12.1 Å². The van der Waals surface area contributed by atoms with Gasteiger partial charge in [0, 0.05) is 13.0 Å². The third kappa shape index (κ3) is 5.89. The van der Waals surface area contributed by atoms with Crippen molar-refractivity contribution in [3.63, 3.8) is 0 Å². The second kappa shape index (κ2) is 6.07. The molecule has 0 aromatic carbocycles. The fourth-order valence-corrected chi connectivity index (χ4v) is 2.34. The van der Waals surface area contributed by atoms with Gasteiger partial charge in [0.2, 0.25) is 0 Å². The van der Waals surface area contributed by atoms with Crippen LogP contribution in [-0.2, 0) is 9.53 Å². The van der Waals surface area contributed by atoms with Gasteiger partial charge in [0.05, 0.1) is 0 Å². The highest BCUT2D eigenvalue weighted by Crippen LogP contribution is 2.32. The first-order chi connectivity index (χ1) is 8.26. The van der Waals surface area contributed by atoms with Crippen molar-refractivity contribution in [1.82, 2.24) is 5.32 Å². The zero-order valence-electron chi connectivity index (χ0n) is 11.4. The summed E-state index contributed by atoms with van der Waals surface area (Å²) in [6.45, 7) is 6.05. The number of alkyl carbamates (subject to hydrolysis) is 1. The van der Waals surface area contributed by atoms with E-state index in [4.69, 9.17) is 9.84 Å². The highest BCUT2D eigenvalue weighted by molar-refractivity contribution is 5.67. The number of ether oxygens (including phenoxy) is 1. The molecule has 0 aliphatic heterocycles. The van der Waals surface area contributed by atoms with Crippen molar-refractivity contribution in [2.24, 2.45) is 11.8 Å². The number of hydrogen-bond donors (Lipinski definition) is 2. The Labute approximate surface area is 108 Å². The molecule has 104 valence electrons. The van der Waals surface area contributed by atoms with Crippen molar-refractivity contribution >= 4 is 12.1 Å². The standard InChI is InChI=1S/C13H23NO4/c1-13(2,3)18-12(17)14-8-10-5-4-9(6-10)7-11(15)16/h9-10H,4-8H2,1-3H3,(H,14,17)(H,15,16). The summed E-state index contributed by atoms with van der Waals surface area (Å²) in [7, 11) is 0. The number of hydrogen-bond acceptors (Lipinski definition) is 3. The van der Waals surface area contributed by atoms with E-state index >= 15 is 0 Å². The number of carboxylic acid groups (broad SMARTS) is 1. The van der Waals surface area contributed by atoms with E-state index in [0.29, 0.717) is 12.5 Å². The van der Waals surface area contributed by atoms with E-state index in [9.17, 15) is 9.59 Å². The summed E-state index contributed by atoms with van der Waals surface area (Å²) in [6, 6.07) is 0. The molecule has 0 radical (unpaired) electrons. The lowest BCUT2D eigenvalue weighted by molar-refractivity contribution is -0.138. The zero-order valence-corrected chi connectivity index (χ0v) is 11.4. The van der Waals surface area contributed by atoms with Crippen molar-refractivity contribution in [2.75, 3.05) is 6.54 Å². The molecule has 1 amide bonds. The summed E-state index contributed by atoms with van der Waals surface area (Å²) < 4.78 is 5.14. The minimum atomic E-state index is -0.735. The normalized spacial score (nSPS) is 23.7. The van der Waals surface area contributed by atoms with Crippen LogP contribution in [0.25, 0.3) is 0 Å². The average molecular weight is 257 g/mol. The first-order valence-electron chi connectivity index (χ1n) is 6.45. The summed E-state index contributed by atoms with van der Waals surface area (Å²) in [5, 5.41) is 11.5. The van der Waals surface area contributed by atoms with Crippen molar-refractivity contribution in [1.29, 1.82) is 0 Å². The number of nitrogens with one attached hydrogen (secondary N) is 1. The van der Waals surface area contributed by atoms with Gasteiger partial charge in [0.25, 0.3) is 0 Å². The Morgan fingerprint density at radius 1 is 1.28 bits per heavy atom. The molecule has 1 saturated carbocycles. The van der Waals surface area contributed by atoms with Gasteiger partial charge in [-0.15, -0.1) is 0 Å². The molecule has 0 aromatic heterocycles. The number of rotatable bonds is 4. The fraction of sp³-hybridized carbons (Fsp3) is 0.846. The van der Waals surface area contributed by atoms with Crippen LogP contribution in [0.15, 0.2) is 0 Å². The van der Waals surface area contributed by atoms with E-state index in [-0.39, 0.29) is 12.3 Å². The van der Waals surface area contributed by atoms with Gasteiger partial charge in [-0.25, -0.2) is 4.79 Å². The Balaban J connectivity index is 2.21. The zero-order chi connectivity index (χ0) is 13.8. The van der Waals surface area contributed by atoms with E-state index < -0.39 is 17.7 Å². The minimum absolute atomic E-state index is 0.239. The Hall–Kier alpha value is -1.26. The summed E-state index contributed by atoms with van der Waals surface area (Å²) in [5.41, 5.74) is -0.481. The van der Waals surface area contributed by atoms with E-state index in [2.05, 4.69) is 5.32 Å². The lowest BCUT2D eigenvalue weighted by Gasteiger charge is -2.20. The molecule has 0 spiro atoms. The first kappa shape index (κ1) is 14.8. The molecule has 2 unspecified atom stereocenters. The van der Waals surface area contributed by atoms with Crippen molar-refractivity contribution in [3.8, 4) is 0 Å². The summed E-state index contributed by atoms with van der Waals surface area (Å²) in [5.74, 6) is -0.101. The van der Waals surface area contributed by atoms with E-state index in [0.717, 1.165) is 19.3 Å². The van der Waals surface area contributed by atoms with Crippen LogP contribution in [-0.4, -0.2) is 29.3 Å². The van der Waals surface area contributed by atoms with Crippen LogP contribution < -0.4 is 5.32 Å². The number of carbonyl (C=O) groups excluding carboxylic acids is 1. The summed E-state index contributed by atoms with van der Waals surface area (Å²) >= 11 is 0. The molecule has 0 heterocycles. The third-order valence-corrected chi connectivity index (χ3v) is 3.05. The monoisotopic (exact) mass is 257 g/mol. The SMILES string of the molecule is CC(C)(C)OC(=O)NCC1CCC(CC(=O)O)C1. The molecule has 1 rings (SSSR count). The van der Waals surface area contributed by atoms with Crippen LogP contribution in [0.1, 0.15) is 46.5 Å². The van der Waals surface area contributed by atoms with Gasteiger partial charge in [-0.3, -0.25) is 4.79 Å². The average Bonchev–Trinajstić information content (AvgIpc) is 2.59. The number of carboxylic acids is 1.